The number of benzene rings is 1. The van der Waals surface area contributed by atoms with E-state index < -0.39 is 6.10 Å². The summed E-state index contributed by atoms with van der Waals surface area (Å²) in [4.78, 5) is 11.2. The molecule has 4 heterocycles. The van der Waals surface area contributed by atoms with Gasteiger partial charge in [-0.1, -0.05) is 36.0 Å². The van der Waals surface area contributed by atoms with Gasteiger partial charge in [-0.3, -0.25) is 4.90 Å². The highest BCUT2D eigenvalue weighted by molar-refractivity contribution is 5.63. The van der Waals surface area contributed by atoms with E-state index in [1.54, 1.807) is 6.92 Å². The Morgan fingerprint density at radius 2 is 2.03 bits per heavy atom. The van der Waals surface area contributed by atoms with Crippen LogP contribution in [0.4, 0.5) is 0 Å². The first-order valence-electron chi connectivity index (χ1n) is 10.7. The van der Waals surface area contributed by atoms with Crippen molar-refractivity contribution in [2.75, 3.05) is 19.6 Å². The molecule has 0 saturated heterocycles. The number of fused-ring (bicyclic) bond motifs is 2. The Morgan fingerprint density at radius 1 is 1.19 bits per heavy atom. The maximum Gasteiger partial charge on any atom is 0.223 e. The molecule has 1 aliphatic rings. The van der Waals surface area contributed by atoms with Crippen molar-refractivity contribution < 1.29 is 9.63 Å². The minimum Gasteiger partial charge on any atom is -0.390 e. The van der Waals surface area contributed by atoms with Gasteiger partial charge in [0.2, 0.25) is 11.7 Å². The van der Waals surface area contributed by atoms with Crippen LogP contribution in [0.5, 0.6) is 0 Å². The lowest BCUT2D eigenvalue weighted by Gasteiger charge is -2.30. The summed E-state index contributed by atoms with van der Waals surface area (Å²) in [6.45, 7) is 8.74. The highest BCUT2D eigenvalue weighted by atomic mass is 16.5. The minimum absolute atomic E-state index is 0.415. The number of aromatic nitrogens is 4. The van der Waals surface area contributed by atoms with Gasteiger partial charge in [-0.05, 0) is 29.7 Å². The highest BCUT2D eigenvalue weighted by Crippen LogP contribution is 2.20. The van der Waals surface area contributed by atoms with Crippen LogP contribution in [0.15, 0.2) is 59.9 Å². The van der Waals surface area contributed by atoms with E-state index in [4.69, 9.17) is 4.52 Å². The Balaban J connectivity index is 1.18. The standard InChI is InChI=1S/C24H26N6O2/c1-16(25-11-21(31)14-29-10-9-18-5-3-4-6-19(18)12-29)22-15-30-13-20(7-8-23(30)27-22)24-26-17(2)32-28-24/h3-8,13,15,21,25,31H,1,9-12,14H2,2H3/t21-/m0/s1. The zero-order chi connectivity index (χ0) is 22.1. The molecule has 4 aromatic rings. The van der Waals surface area contributed by atoms with Crippen LogP contribution in [0.25, 0.3) is 22.7 Å². The van der Waals surface area contributed by atoms with Crippen molar-refractivity contribution in [1.29, 1.82) is 0 Å². The van der Waals surface area contributed by atoms with E-state index >= 15 is 0 Å². The molecule has 0 aliphatic carbocycles. The SMILES string of the molecule is C=C(NC[C@H](O)CN1CCc2ccccc2C1)c1cn2cc(-c3noc(C)n3)ccc2n1. The van der Waals surface area contributed by atoms with Gasteiger partial charge in [-0.2, -0.15) is 4.98 Å². The second kappa shape index (κ2) is 8.57. The predicted octanol–water partition coefficient (Wildman–Crippen LogP) is 2.67. The van der Waals surface area contributed by atoms with Crippen LogP contribution in [0.2, 0.25) is 0 Å². The lowest BCUT2D eigenvalue weighted by Crippen LogP contribution is -2.40. The van der Waals surface area contributed by atoms with E-state index in [0.717, 1.165) is 36.4 Å². The van der Waals surface area contributed by atoms with Crippen molar-refractivity contribution in [3.8, 4) is 11.4 Å². The Hall–Kier alpha value is -3.49. The number of hydrogen-bond donors (Lipinski definition) is 2. The summed E-state index contributed by atoms with van der Waals surface area (Å²) >= 11 is 0. The molecule has 0 amide bonds. The molecule has 0 unspecified atom stereocenters. The van der Waals surface area contributed by atoms with Gasteiger partial charge in [-0.15, -0.1) is 0 Å². The second-order valence-electron chi connectivity index (χ2n) is 8.21. The molecule has 1 atom stereocenters. The number of nitrogens with zero attached hydrogens (tertiary/aromatic N) is 5. The molecule has 0 spiro atoms. The maximum atomic E-state index is 10.6. The number of rotatable bonds is 7. The first-order chi connectivity index (χ1) is 15.5. The van der Waals surface area contributed by atoms with Crippen LogP contribution in [-0.2, 0) is 13.0 Å². The van der Waals surface area contributed by atoms with Crippen LogP contribution >= 0.6 is 0 Å². The van der Waals surface area contributed by atoms with E-state index in [-0.39, 0.29) is 0 Å². The van der Waals surface area contributed by atoms with Crippen molar-refractivity contribution in [2.45, 2.75) is 26.0 Å². The fourth-order valence-electron chi connectivity index (χ4n) is 4.09. The number of imidazole rings is 1. The maximum absolute atomic E-state index is 10.6. The van der Waals surface area contributed by atoms with Crippen LogP contribution < -0.4 is 5.32 Å². The molecule has 1 aliphatic heterocycles. The molecule has 3 aromatic heterocycles. The first kappa shape index (κ1) is 20.4. The zero-order valence-electron chi connectivity index (χ0n) is 18.0. The monoisotopic (exact) mass is 430 g/mol. The molecule has 8 nitrogen and oxygen atoms in total. The fraction of sp³-hybridized carbons (Fsp3) is 0.292. The third kappa shape index (κ3) is 4.28. The normalized spacial score (nSPS) is 14.9. The Labute approximate surface area is 186 Å². The van der Waals surface area contributed by atoms with Crippen LogP contribution in [0.1, 0.15) is 22.7 Å². The molecule has 8 heteroatoms. The van der Waals surface area contributed by atoms with Crippen molar-refractivity contribution in [1.82, 2.24) is 29.7 Å². The molecule has 5 rings (SSSR count). The summed E-state index contributed by atoms with van der Waals surface area (Å²) in [6.07, 6.45) is 4.33. The molecule has 0 fully saturated rings. The molecular formula is C24H26N6O2. The summed E-state index contributed by atoms with van der Waals surface area (Å²) in [5.41, 5.74) is 5.80. The lowest BCUT2D eigenvalue weighted by atomic mass is 10.00. The van der Waals surface area contributed by atoms with Crippen molar-refractivity contribution in [2.24, 2.45) is 0 Å². The lowest BCUT2D eigenvalue weighted by molar-refractivity contribution is 0.107. The molecule has 32 heavy (non-hydrogen) atoms. The molecule has 0 bridgehead atoms. The number of aliphatic hydroxyl groups is 1. The molecule has 0 radical (unpaired) electrons. The van der Waals surface area contributed by atoms with Gasteiger partial charge in [-0.25, -0.2) is 4.98 Å². The molecule has 1 aromatic carbocycles. The molecule has 164 valence electrons. The topological polar surface area (TPSA) is 91.7 Å². The van der Waals surface area contributed by atoms with Gasteiger partial charge in [0.1, 0.15) is 11.3 Å². The largest absolute Gasteiger partial charge is 0.390 e. The van der Waals surface area contributed by atoms with Crippen molar-refractivity contribution in [3.63, 3.8) is 0 Å². The second-order valence-corrected chi connectivity index (χ2v) is 8.21. The number of β-amino-alcohol motifs (C(OH)–C–C–N with tert-alkyl or cyclic N) is 1. The van der Waals surface area contributed by atoms with E-state index in [1.807, 2.05) is 28.9 Å². The molecule has 0 saturated carbocycles. The molecular weight excluding hydrogens is 404 g/mol. The number of nitrogens with one attached hydrogen (secondary N) is 1. The Bertz CT molecular complexity index is 1260. The van der Waals surface area contributed by atoms with Crippen LogP contribution in [0.3, 0.4) is 0 Å². The number of aliphatic hydroxyl groups excluding tert-OH is 1. The van der Waals surface area contributed by atoms with E-state index in [2.05, 4.69) is 56.2 Å². The van der Waals surface area contributed by atoms with Gasteiger partial charge >= 0.3 is 0 Å². The number of aryl methyl sites for hydroxylation is 1. The van der Waals surface area contributed by atoms with Gasteiger partial charge in [0.25, 0.3) is 0 Å². The van der Waals surface area contributed by atoms with Crippen LogP contribution in [-0.4, -0.2) is 55.3 Å². The summed E-state index contributed by atoms with van der Waals surface area (Å²) < 4.78 is 6.97. The average molecular weight is 431 g/mol. The number of pyridine rings is 1. The van der Waals surface area contributed by atoms with Crippen molar-refractivity contribution in [3.05, 3.63) is 78.1 Å². The summed E-state index contributed by atoms with van der Waals surface area (Å²) in [6, 6.07) is 12.3. The average Bonchev–Trinajstić information content (AvgIpc) is 3.43. The van der Waals surface area contributed by atoms with Crippen molar-refractivity contribution >= 4 is 11.3 Å². The van der Waals surface area contributed by atoms with Gasteiger partial charge in [0.15, 0.2) is 0 Å². The summed E-state index contributed by atoms with van der Waals surface area (Å²) in [5.74, 6) is 1.07. The predicted molar refractivity (Wildman–Crippen MR) is 122 cm³/mol. The number of hydrogen-bond acceptors (Lipinski definition) is 7. The van der Waals surface area contributed by atoms with E-state index in [0.29, 0.717) is 30.5 Å². The minimum atomic E-state index is -0.498. The zero-order valence-corrected chi connectivity index (χ0v) is 18.0. The van der Waals surface area contributed by atoms with Gasteiger partial charge in [0.05, 0.1) is 11.8 Å². The smallest absolute Gasteiger partial charge is 0.223 e. The molecule has 2 N–H and O–H groups in total. The van der Waals surface area contributed by atoms with Gasteiger partial charge < -0.3 is 19.3 Å². The van der Waals surface area contributed by atoms with Crippen LogP contribution in [0, 0.1) is 6.92 Å². The van der Waals surface area contributed by atoms with E-state index in [1.165, 1.54) is 11.1 Å². The third-order valence-electron chi connectivity index (χ3n) is 5.78. The third-order valence-corrected chi connectivity index (χ3v) is 5.78. The quantitative estimate of drug-likeness (QED) is 0.466. The summed E-state index contributed by atoms with van der Waals surface area (Å²) in [7, 11) is 0. The summed E-state index contributed by atoms with van der Waals surface area (Å²) in [5, 5.41) is 17.7. The van der Waals surface area contributed by atoms with E-state index in [9.17, 15) is 5.11 Å². The highest BCUT2D eigenvalue weighted by Gasteiger charge is 2.18. The Kier molecular flexibility index (Phi) is 5.46. The Morgan fingerprint density at radius 3 is 2.84 bits per heavy atom. The fourth-order valence-corrected chi connectivity index (χ4v) is 4.09. The first-order valence-corrected chi connectivity index (χ1v) is 10.7. The van der Waals surface area contributed by atoms with Gasteiger partial charge in [0, 0.05) is 51.1 Å².